The number of rotatable bonds is 7. The molecule has 0 amide bonds. The molecule has 1 saturated carbocycles. The molecule has 0 radical (unpaired) electrons. The number of oxime groups is 1. The van der Waals surface area contributed by atoms with Crippen LogP contribution in [0.4, 0.5) is 0 Å². The van der Waals surface area contributed by atoms with Gasteiger partial charge in [-0.2, -0.15) is 0 Å². The van der Waals surface area contributed by atoms with Crippen LogP contribution in [0.1, 0.15) is 52.4 Å². The SMILES string of the molecule is CC(C)CN(CCC(N)=NO)S(=O)(=O)C1CCCCC1. The van der Waals surface area contributed by atoms with Crippen molar-refractivity contribution in [1.82, 2.24) is 4.31 Å². The predicted octanol–water partition coefficient (Wildman–Crippen LogP) is 1.74. The van der Waals surface area contributed by atoms with E-state index in [9.17, 15) is 8.42 Å². The summed E-state index contributed by atoms with van der Waals surface area (Å²) < 4.78 is 26.9. The summed E-state index contributed by atoms with van der Waals surface area (Å²) in [5, 5.41) is 11.2. The van der Waals surface area contributed by atoms with Crippen LogP contribution in [0.3, 0.4) is 0 Å². The van der Waals surface area contributed by atoms with Gasteiger partial charge in [0.05, 0.1) is 5.25 Å². The van der Waals surface area contributed by atoms with E-state index >= 15 is 0 Å². The first-order chi connectivity index (χ1) is 9.37. The van der Waals surface area contributed by atoms with Crippen LogP contribution in [0.2, 0.25) is 0 Å². The first-order valence-corrected chi connectivity index (χ1v) is 8.83. The Balaban J connectivity index is 2.78. The zero-order valence-corrected chi connectivity index (χ0v) is 13.3. The molecule has 1 aliphatic carbocycles. The average Bonchev–Trinajstić information content (AvgIpc) is 2.43. The molecule has 20 heavy (non-hydrogen) atoms. The summed E-state index contributed by atoms with van der Waals surface area (Å²) >= 11 is 0. The maximum Gasteiger partial charge on any atom is 0.217 e. The van der Waals surface area contributed by atoms with Crippen molar-refractivity contribution >= 4 is 15.9 Å². The van der Waals surface area contributed by atoms with Gasteiger partial charge in [-0.15, -0.1) is 0 Å². The first-order valence-electron chi connectivity index (χ1n) is 7.33. The third kappa shape index (κ3) is 4.94. The van der Waals surface area contributed by atoms with Gasteiger partial charge in [-0.1, -0.05) is 38.3 Å². The first kappa shape index (κ1) is 17.2. The Labute approximate surface area is 122 Å². The number of sulfonamides is 1. The Hall–Kier alpha value is -0.820. The van der Waals surface area contributed by atoms with Crippen LogP contribution in [-0.2, 0) is 10.0 Å². The van der Waals surface area contributed by atoms with Crippen LogP contribution in [0.5, 0.6) is 0 Å². The molecule has 0 saturated heterocycles. The van der Waals surface area contributed by atoms with Crippen molar-refractivity contribution in [1.29, 1.82) is 0 Å². The lowest BCUT2D eigenvalue weighted by molar-refractivity contribution is 0.314. The summed E-state index contributed by atoms with van der Waals surface area (Å²) in [4.78, 5) is 0. The van der Waals surface area contributed by atoms with Gasteiger partial charge in [0.25, 0.3) is 0 Å². The highest BCUT2D eigenvalue weighted by molar-refractivity contribution is 7.89. The highest BCUT2D eigenvalue weighted by atomic mass is 32.2. The third-order valence-corrected chi connectivity index (χ3v) is 6.01. The van der Waals surface area contributed by atoms with E-state index in [1.165, 1.54) is 4.31 Å². The molecule has 0 heterocycles. The summed E-state index contributed by atoms with van der Waals surface area (Å²) in [5.41, 5.74) is 5.45. The molecular weight excluding hydrogens is 278 g/mol. The van der Waals surface area contributed by atoms with Crippen LogP contribution in [-0.4, -0.2) is 42.1 Å². The largest absolute Gasteiger partial charge is 0.409 e. The van der Waals surface area contributed by atoms with Crippen LogP contribution >= 0.6 is 0 Å². The van der Waals surface area contributed by atoms with E-state index in [2.05, 4.69) is 5.16 Å². The summed E-state index contributed by atoms with van der Waals surface area (Å²) in [6, 6.07) is 0. The number of hydrogen-bond acceptors (Lipinski definition) is 4. The van der Waals surface area contributed by atoms with Crippen LogP contribution in [0.15, 0.2) is 5.16 Å². The van der Waals surface area contributed by atoms with E-state index < -0.39 is 10.0 Å². The molecule has 0 aromatic carbocycles. The molecule has 0 spiro atoms. The summed E-state index contributed by atoms with van der Waals surface area (Å²) in [5.74, 6) is 0.318. The number of nitrogens with zero attached hydrogens (tertiary/aromatic N) is 2. The van der Waals surface area contributed by atoms with Gasteiger partial charge in [-0.25, -0.2) is 12.7 Å². The van der Waals surface area contributed by atoms with Gasteiger partial charge in [-0.3, -0.25) is 0 Å². The maximum absolute atomic E-state index is 12.7. The Morgan fingerprint density at radius 1 is 1.35 bits per heavy atom. The topological polar surface area (TPSA) is 96.0 Å². The molecule has 0 atom stereocenters. The Morgan fingerprint density at radius 2 is 1.95 bits per heavy atom. The van der Waals surface area contributed by atoms with Gasteiger partial charge in [-0.05, 0) is 18.8 Å². The van der Waals surface area contributed by atoms with E-state index in [1.54, 1.807) is 0 Å². The highest BCUT2D eigenvalue weighted by Crippen LogP contribution is 2.26. The Morgan fingerprint density at radius 3 is 2.45 bits per heavy atom. The normalized spacial score (nSPS) is 18.9. The molecule has 1 fully saturated rings. The molecule has 0 bridgehead atoms. The van der Waals surface area contributed by atoms with Gasteiger partial charge in [0, 0.05) is 19.5 Å². The van der Waals surface area contributed by atoms with Crippen molar-refractivity contribution in [2.24, 2.45) is 16.8 Å². The van der Waals surface area contributed by atoms with Gasteiger partial charge < -0.3 is 10.9 Å². The second-order valence-electron chi connectivity index (χ2n) is 5.90. The lowest BCUT2D eigenvalue weighted by Crippen LogP contribution is -2.43. The summed E-state index contributed by atoms with van der Waals surface area (Å²) in [6.45, 7) is 4.75. The summed E-state index contributed by atoms with van der Waals surface area (Å²) in [6.07, 6.45) is 4.86. The Bertz CT molecular complexity index is 415. The van der Waals surface area contributed by atoms with E-state index in [1.807, 2.05) is 13.8 Å². The van der Waals surface area contributed by atoms with Crippen molar-refractivity contribution in [3.8, 4) is 0 Å². The fourth-order valence-electron chi connectivity index (χ4n) is 2.59. The van der Waals surface area contributed by atoms with E-state index in [0.29, 0.717) is 6.54 Å². The highest BCUT2D eigenvalue weighted by Gasteiger charge is 2.33. The number of nitrogens with two attached hydrogens (primary N) is 1. The fourth-order valence-corrected chi connectivity index (χ4v) is 4.80. The molecule has 3 N–H and O–H groups in total. The van der Waals surface area contributed by atoms with Crippen LogP contribution in [0.25, 0.3) is 0 Å². The minimum atomic E-state index is -3.28. The smallest absolute Gasteiger partial charge is 0.217 e. The number of hydrogen-bond donors (Lipinski definition) is 2. The van der Waals surface area contributed by atoms with Crippen molar-refractivity contribution < 1.29 is 13.6 Å². The maximum atomic E-state index is 12.7. The van der Waals surface area contributed by atoms with Gasteiger partial charge in [0.1, 0.15) is 5.84 Å². The zero-order chi connectivity index (χ0) is 15.2. The van der Waals surface area contributed by atoms with E-state index in [4.69, 9.17) is 10.9 Å². The predicted molar refractivity (Wildman–Crippen MR) is 80.2 cm³/mol. The average molecular weight is 305 g/mol. The molecule has 0 aliphatic heterocycles. The fraction of sp³-hybridized carbons (Fsp3) is 0.923. The second-order valence-corrected chi connectivity index (χ2v) is 8.11. The zero-order valence-electron chi connectivity index (χ0n) is 12.5. The minimum Gasteiger partial charge on any atom is -0.409 e. The molecule has 0 aromatic heterocycles. The lowest BCUT2D eigenvalue weighted by Gasteiger charge is -2.30. The molecular formula is C13H27N3O3S. The monoisotopic (exact) mass is 305 g/mol. The van der Waals surface area contributed by atoms with Gasteiger partial charge >= 0.3 is 0 Å². The number of amidine groups is 1. The third-order valence-electron chi connectivity index (χ3n) is 3.65. The Kier molecular flexibility index (Phi) is 6.75. The molecule has 6 nitrogen and oxygen atoms in total. The van der Waals surface area contributed by atoms with E-state index in [-0.39, 0.29) is 30.0 Å². The quantitative estimate of drug-likeness (QED) is 0.324. The van der Waals surface area contributed by atoms with Crippen molar-refractivity contribution in [2.75, 3.05) is 13.1 Å². The minimum absolute atomic E-state index is 0.0672. The van der Waals surface area contributed by atoms with Crippen molar-refractivity contribution in [2.45, 2.75) is 57.6 Å². The standard InChI is InChI=1S/C13H27N3O3S/c1-11(2)10-16(9-8-13(14)15-17)20(18,19)12-6-4-3-5-7-12/h11-12,17H,3-10H2,1-2H3,(H2,14,15). The van der Waals surface area contributed by atoms with Crippen LogP contribution in [0, 0.1) is 5.92 Å². The van der Waals surface area contributed by atoms with Crippen molar-refractivity contribution in [3.05, 3.63) is 0 Å². The van der Waals surface area contributed by atoms with Crippen LogP contribution < -0.4 is 5.73 Å². The molecule has 0 aromatic rings. The van der Waals surface area contributed by atoms with Gasteiger partial charge in [0.2, 0.25) is 10.0 Å². The summed E-state index contributed by atoms with van der Waals surface area (Å²) in [7, 11) is -3.28. The van der Waals surface area contributed by atoms with Crippen molar-refractivity contribution in [3.63, 3.8) is 0 Å². The molecule has 1 aliphatic rings. The lowest BCUT2D eigenvalue weighted by atomic mass is 10.0. The molecule has 118 valence electrons. The molecule has 0 unspecified atom stereocenters. The van der Waals surface area contributed by atoms with E-state index in [0.717, 1.165) is 32.1 Å². The second kappa shape index (κ2) is 7.83. The van der Waals surface area contributed by atoms with Gasteiger partial charge in [0.15, 0.2) is 0 Å². The molecule has 1 rings (SSSR count). The molecule has 7 heteroatoms.